The molecular weight excluding hydrogens is 459 g/mol. The molecule has 1 aromatic heterocycles. The average Bonchev–Trinajstić information content (AvgIpc) is 2.53. The number of hydrogen-bond acceptors (Lipinski definition) is 1. The maximum Gasteiger partial charge on any atom is 0.406 e. The van der Waals surface area contributed by atoms with Crippen LogP contribution in [-0.2, 0) is 6.54 Å². The molecule has 7 heteroatoms. The smallest absolute Gasteiger partial charge is 0.328 e. The number of rotatable bonds is 2. The molecule has 0 saturated carbocycles. The maximum absolute atomic E-state index is 12.5. The number of halogens is 5. The highest BCUT2D eigenvalue weighted by molar-refractivity contribution is 14.1. The third-order valence-corrected chi connectivity index (χ3v) is 3.81. The Labute approximate surface area is 123 Å². The fourth-order valence-corrected chi connectivity index (χ4v) is 2.89. The SMILES string of the molecule is FC(F)(F)Cn1c(I)cc2c(NI)cccc21. The molecule has 0 atom stereocenters. The van der Waals surface area contributed by atoms with Crippen molar-refractivity contribution in [3.05, 3.63) is 28.0 Å². The summed E-state index contributed by atoms with van der Waals surface area (Å²) < 4.78 is 42.2. The molecule has 2 aromatic rings. The van der Waals surface area contributed by atoms with E-state index < -0.39 is 12.7 Å². The maximum atomic E-state index is 12.5. The highest BCUT2D eigenvalue weighted by Gasteiger charge is 2.29. The molecule has 17 heavy (non-hydrogen) atoms. The number of fused-ring (bicyclic) bond motifs is 1. The van der Waals surface area contributed by atoms with Gasteiger partial charge in [0.2, 0.25) is 0 Å². The van der Waals surface area contributed by atoms with Crippen molar-refractivity contribution in [3.63, 3.8) is 0 Å². The Hall–Kier alpha value is -0.190. The van der Waals surface area contributed by atoms with Gasteiger partial charge in [0.05, 0.1) is 37.8 Å². The normalized spacial score (nSPS) is 12.1. The van der Waals surface area contributed by atoms with Crippen LogP contribution < -0.4 is 3.53 Å². The second kappa shape index (κ2) is 4.82. The third-order valence-electron chi connectivity index (χ3n) is 2.33. The van der Waals surface area contributed by atoms with E-state index in [0.717, 1.165) is 11.1 Å². The van der Waals surface area contributed by atoms with E-state index in [1.807, 2.05) is 51.5 Å². The van der Waals surface area contributed by atoms with E-state index in [9.17, 15) is 13.2 Å². The van der Waals surface area contributed by atoms with Crippen molar-refractivity contribution in [2.24, 2.45) is 0 Å². The summed E-state index contributed by atoms with van der Waals surface area (Å²) in [6, 6.07) is 7.03. The monoisotopic (exact) mass is 466 g/mol. The Balaban J connectivity index is 2.60. The minimum absolute atomic E-state index is 0.578. The van der Waals surface area contributed by atoms with Gasteiger partial charge >= 0.3 is 6.18 Å². The molecule has 0 aliphatic heterocycles. The molecule has 0 spiro atoms. The first-order chi connectivity index (χ1) is 7.92. The van der Waals surface area contributed by atoms with E-state index in [1.165, 1.54) is 4.57 Å². The number of nitrogens with zero attached hydrogens (tertiary/aromatic N) is 1. The van der Waals surface area contributed by atoms with Gasteiger partial charge in [0, 0.05) is 5.39 Å². The molecule has 2 nitrogen and oxygen atoms in total. The molecule has 0 fully saturated rings. The Morgan fingerprint density at radius 3 is 2.59 bits per heavy atom. The van der Waals surface area contributed by atoms with Crippen LogP contribution in [0.2, 0.25) is 0 Å². The zero-order chi connectivity index (χ0) is 12.6. The molecule has 2 rings (SSSR count). The Bertz CT molecular complexity index is 548. The van der Waals surface area contributed by atoms with Gasteiger partial charge in [-0.15, -0.1) is 0 Å². The lowest BCUT2D eigenvalue weighted by atomic mass is 10.2. The van der Waals surface area contributed by atoms with Crippen LogP contribution in [0.5, 0.6) is 0 Å². The first-order valence-corrected chi connectivity index (χ1v) is 6.79. The predicted octanol–water partition coefficient (Wildman–Crippen LogP) is 4.57. The molecule has 92 valence electrons. The lowest BCUT2D eigenvalue weighted by Gasteiger charge is -2.10. The molecule has 0 aliphatic rings. The third kappa shape index (κ3) is 2.80. The summed E-state index contributed by atoms with van der Waals surface area (Å²) >= 11 is 3.89. The fraction of sp³-hybridized carbons (Fsp3) is 0.200. The second-order valence-electron chi connectivity index (χ2n) is 3.50. The number of aromatic nitrogens is 1. The summed E-state index contributed by atoms with van der Waals surface area (Å²) in [4.78, 5) is 0. The summed E-state index contributed by atoms with van der Waals surface area (Å²) in [5.74, 6) is 0. The summed E-state index contributed by atoms with van der Waals surface area (Å²) in [5, 5.41) is 0.801. The average molecular weight is 466 g/mol. The zero-order valence-corrected chi connectivity index (χ0v) is 12.7. The van der Waals surface area contributed by atoms with Crippen LogP contribution in [0.4, 0.5) is 18.9 Å². The van der Waals surface area contributed by atoms with Gasteiger partial charge in [0.25, 0.3) is 0 Å². The quantitative estimate of drug-likeness (QED) is 0.508. The van der Waals surface area contributed by atoms with E-state index in [-0.39, 0.29) is 0 Å². The van der Waals surface area contributed by atoms with Gasteiger partial charge in [-0.1, -0.05) is 6.07 Å². The van der Waals surface area contributed by atoms with Gasteiger partial charge in [-0.2, -0.15) is 13.2 Å². The lowest BCUT2D eigenvalue weighted by molar-refractivity contribution is -0.140. The Morgan fingerprint density at radius 1 is 1.29 bits per heavy atom. The van der Waals surface area contributed by atoms with Crippen molar-refractivity contribution < 1.29 is 13.2 Å². The molecule has 0 unspecified atom stereocenters. The van der Waals surface area contributed by atoms with Crippen LogP contribution in [0.3, 0.4) is 0 Å². The van der Waals surface area contributed by atoms with Gasteiger partial charge < -0.3 is 8.10 Å². The van der Waals surface area contributed by atoms with Crippen molar-refractivity contribution in [1.29, 1.82) is 0 Å². The molecule has 1 N–H and O–H groups in total. The molecule has 0 bridgehead atoms. The summed E-state index contributed by atoms with van der Waals surface area (Å²) in [6.45, 7) is -0.959. The van der Waals surface area contributed by atoms with Crippen LogP contribution in [0.25, 0.3) is 10.9 Å². The van der Waals surface area contributed by atoms with Crippen molar-refractivity contribution in [2.75, 3.05) is 3.53 Å². The van der Waals surface area contributed by atoms with Gasteiger partial charge in [-0.05, 0) is 40.8 Å². The summed E-state index contributed by atoms with van der Waals surface area (Å²) in [6.07, 6.45) is -4.21. The number of nitrogens with one attached hydrogen (secondary N) is 1. The van der Waals surface area contributed by atoms with Crippen LogP contribution in [0, 0.1) is 3.70 Å². The fourth-order valence-electron chi connectivity index (χ4n) is 1.67. The molecular formula is C10H7F3I2N2. The highest BCUT2D eigenvalue weighted by atomic mass is 127. The largest absolute Gasteiger partial charge is 0.406 e. The van der Waals surface area contributed by atoms with Gasteiger partial charge in [0.15, 0.2) is 0 Å². The highest BCUT2D eigenvalue weighted by Crippen LogP contribution is 2.31. The first-order valence-electron chi connectivity index (χ1n) is 4.63. The molecule has 1 aromatic carbocycles. The van der Waals surface area contributed by atoms with Crippen molar-refractivity contribution >= 4 is 62.0 Å². The standard InChI is InChI=1S/C10H7F3I2N2/c11-10(12,13)5-17-8-3-1-2-7(16-15)6(8)4-9(17)14/h1-4,16H,5H2. The molecule has 0 saturated heterocycles. The van der Waals surface area contributed by atoms with Crippen molar-refractivity contribution in [3.8, 4) is 0 Å². The predicted molar refractivity (Wildman–Crippen MR) is 78.4 cm³/mol. The minimum Gasteiger partial charge on any atom is -0.328 e. The zero-order valence-electron chi connectivity index (χ0n) is 8.35. The van der Waals surface area contributed by atoms with E-state index in [1.54, 1.807) is 18.2 Å². The van der Waals surface area contributed by atoms with Gasteiger partial charge in [-0.3, -0.25) is 0 Å². The Kier molecular flexibility index (Phi) is 3.76. The van der Waals surface area contributed by atoms with Crippen LogP contribution in [0.15, 0.2) is 24.3 Å². The molecule has 0 amide bonds. The first kappa shape index (κ1) is 13.2. The van der Waals surface area contributed by atoms with E-state index in [2.05, 4.69) is 3.53 Å². The summed E-state index contributed by atoms with van der Waals surface area (Å²) in [7, 11) is 0. The number of hydrogen-bond donors (Lipinski definition) is 1. The van der Waals surface area contributed by atoms with E-state index in [0.29, 0.717) is 9.22 Å². The van der Waals surface area contributed by atoms with E-state index >= 15 is 0 Å². The van der Waals surface area contributed by atoms with E-state index in [4.69, 9.17) is 0 Å². The molecule has 0 aliphatic carbocycles. The van der Waals surface area contributed by atoms with Gasteiger partial charge in [0.1, 0.15) is 6.54 Å². The minimum atomic E-state index is -4.21. The van der Waals surface area contributed by atoms with Crippen LogP contribution in [0.1, 0.15) is 0 Å². The number of alkyl halides is 3. The van der Waals surface area contributed by atoms with Crippen molar-refractivity contribution in [1.82, 2.24) is 4.57 Å². The molecule has 1 heterocycles. The molecule has 0 radical (unpaired) electrons. The Morgan fingerprint density at radius 2 is 2.00 bits per heavy atom. The van der Waals surface area contributed by atoms with Crippen LogP contribution in [-0.4, -0.2) is 10.7 Å². The topological polar surface area (TPSA) is 17.0 Å². The number of anilines is 1. The van der Waals surface area contributed by atoms with Gasteiger partial charge in [-0.25, -0.2) is 0 Å². The number of benzene rings is 1. The lowest BCUT2D eigenvalue weighted by Crippen LogP contribution is -2.18. The second-order valence-corrected chi connectivity index (χ2v) is 5.15. The van der Waals surface area contributed by atoms with Crippen molar-refractivity contribution in [2.45, 2.75) is 12.7 Å². The summed E-state index contributed by atoms with van der Waals surface area (Å²) in [5.41, 5.74) is 1.41. The van der Waals surface area contributed by atoms with Crippen LogP contribution >= 0.6 is 45.5 Å².